The summed E-state index contributed by atoms with van der Waals surface area (Å²) >= 11 is 1.17. The molecule has 1 amide bonds. The van der Waals surface area contributed by atoms with E-state index in [1.54, 1.807) is 6.92 Å². The molecule has 0 saturated heterocycles. The third kappa shape index (κ3) is 2.88. The molecule has 0 radical (unpaired) electrons. The van der Waals surface area contributed by atoms with Gasteiger partial charge in [0.05, 0.1) is 10.5 Å². The summed E-state index contributed by atoms with van der Waals surface area (Å²) in [7, 11) is 0. The fraction of sp³-hybridized carbons (Fsp3) is 0.182. The molecule has 0 saturated carbocycles. The lowest BCUT2D eigenvalue weighted by Gasteiger charge is -2.10. The highest BCUT2D eigenvalue weighted by Crippen LogP contribution is 2.28. The number of hydrogen-bond donors (Lipinski definition) is 2. The summed E-state index contributed by atoms with van der Waals surface area (Å²) in [6, 6.07) is 4.33. The normalized spacial score (nSPS) is 10.1. The Balaban J connectivity index is 2.37. The van der Waals surface area contributed by atoms with Gasteiger partial charge in [0.25, 0.3) is 11.6 Å². The first kappa shape index (κ1) is 13.9. The van der Waals surface area contributed by atoms with Gasteiger partial charge in [-0.1, -0.05) is 17.4 Å². The van der Waals surface area contributed by atoms with Crippen LogP contribution >= 0.6 is 11.3 Å². The van der Waals surface area contributed by atoms with E-state index in [-0.39, 0.29) is 16.9 Å². The van der Waals surface area contributed by atoms with Crippen molar-refractivity contribution in [2.75, 3.05) is 17.2 Å². The molecule has 2 aromatic rings. The van der Waals surface area contributed by atoms with Crippen molar-refractivity contribution < 1.29 is 9.72 Å². The van der Waals surface area contributed by atoms with Crippen LogP contribution in [0.15, 0.2) is 23.7 Å². The average Bonchev–Trinajstić information content (AvgIpc) is 2.91. The van der Waals surface area contributed by atoms with Gasteiger partial charge in [0.1, 0.15) is 11.2 Å². The minimum Gasteiger partial charge on any atom is -0.379 e. The molecule has 9 heteroatoms. The van der Waals surface area contributed by atoms with Crippen LogP contribution in [0.1, 0.15) is 17.3 Å². The van der Waals surface area contributed by atoms with Crippen molar-refractivity contribution in [1.82, 2.24) is 10.2 Å². The number of nitro groups is 1. The molecule has 0 atom stereocenters. The number of aromatic nitrogens is 2. The van der Waals surface area contributed by atoms with Gasteiger partial charge in [0, 0.05) is 12.6 Å². The molecule has 1 aromatic carbocycles. The summed E-state index contributed by atoms with van der Waals surface area (Å²) in [4.78, 5) is 22.6. The fourth-order valence-corrected chi connectivity index (χ4v) is 2.08. The molecular weight excluding hydrogens is 282 g/mol. The quantitative estimate of drug-likeness (QED) is 0.645. The number of benzene rings is 1. The summed E-state index contributed by atoms with van der Waals surface area (Å²) in [5.41, 5.74) is 1.73. The van der Waals surface area contributed by atoms with Crippen LogP contribution in [-0.4, -0.2) is 27.6 Å². The van der Waals surface area contributed by atoms with Crippen LogP contribution in [0, 0.1) is 10.1 Å². The summed E-state index contributed by atoms with van der Waals surface area (Å²) in [6.07, 6.45) is 0. The van der Waals surface area contributed by atoms with E-state index in [2.05, 4.69) is 20.8 Å². The Labute approximate surface area is 118 Å². The zero-order valence-corrected chi connectivity index (χ0v) is 11.3. The molecule has 0 aliphatic heterocycles. The first-order chi connectivity index (χ1) is 9.63. The van der Waals surface area contributed by atoms with Crippen molar-refractivity contribution in [2.45, 2.75) is 6.92 Å². The lowest BCUT2D eigenvalue weighted by molar-refractivity contribution is -0.384. The van der Waals surface area contributed by atoms with Crippen molar-refractivity contribution >= 4 is 33.8 Å². The van der Waals surface area contributed by atoms with Crippen molar-refractivity contribution in [3.63, 3.8) is 0 Å². The van der Waals surface area contributed by atoms with E-state index < -0.39 is 10.8 Å². The highest BCUT2D eigenvalue weighted by atomic mass is 32.1. The van der Waals surface area contributed by atoms with Gasteiger partial charge in [-0.15, -0.1) is 10.2 Å². The molecule has 0 aliphatic carbocycles. The third-order valence-corrected chi connectivity index (χ3v) is 3.02. The predicted octanol–water partition coefficient (Wildman–Crippen LogP) is 2.13. The maximum atomic E-state index is 12.1. The molecule has 2 N–H and O–H groups in total. The van der Waals surface area contributed by atoms with Gasteiger partial charge in [0.15, 0.2) is 0 Å². The van der Waals surface area contributed by atoms with E-state index in [1.165, 1.54) is 35.0 Å². The standard InChI is InChI=1S/C11H11N5O3S/c1-2-12-9-7(4-3-5-8(9)16(18)19)10(17)14-11-15-13-6-20-11/h3-6,12H,2H2,1H3,(H,14,15,17). The van der Waals surface area contributed by atoms with Gasteiger partial charge in [-0.3, -0.25) is 20.2 Å². The molecule has 1 heterocycles. The zero-order chi connectivity index (χ0) is 14.5. The second-order valence-corrected chi connectivity index (χ2v) is 4.52. The molecule has 20 heavy (non-hydrogen) atoms. The molecule has 0 bridgehead atoms. The van der Waals surface area contributed by atoms with Crippen LogP contribution < -0.4 is 10.6 Å². The molecule has 0 fully saturated rings. The van der Waals surface area contributed by atoms with Crippen molar-refractivity contribution in [3.8, 4) is 0 Å². The number of nitrogens with zero attached hydrogens (tertiary/aromatic N) is 3. The SMILES string of the molecule is CCNc1c(C(=O)Nc2nncs2)cccc1[N+](=O)[O-]. The van der Waals surface area contributed by atoms with Crippen molar-refractivity contribution in [2.24, 2.45) is 0 Å². The van der Waals surface area contributed by atoms with Crippen molar-refractivity contribution in [1.29, 1.82) is 0 Å². The first-order valence-electron chi connectivity index (χ1n) is 5.72. The Morgan fingerprint density at radius 2 is 2.30 bits per heavy atom. The average molecular weight is 293 g/mol. The van der Waals surface area contributed by atoms with Crippen LogP contribution in [0.5, 0.6) is 0 Å². The van der Waals surface area contributed by atoms with Gasteiger partial charge < -0.3 is 5.32 Å². The Morgan fingerprint density at radius 1 is 1.50 bits per heavy atom. The number of carbonyl (C=O) groups is 1. The highest BCUT2D eigenvalue weighted by molar-refractivity contribution is 7.13. The number of anilines is 2. The van der Waals surface area contributed by atoms with Crippen LogP contribution in [0.3, 0.4) is 0 Å². The van der Waals surface area contributed by atoms with E-state index in [4.69, 9.17) is 0 Å². The van der Waals surface area contributed by atoms with Gasteiger partial charge in [-0.2, -0.15) is 0 Å². The Hall–Kier alpha value is -2.55. The molecule has 0 spiro atoms. The largest absolute Gasteiger partial charge is 0.379 e. The topological polar surface area (TPSA) is 110 Å². The number of rotatable bonds is 5. The smallest absolute Gasteiger partial charge is 0.293 e. The van der Waals surface area contributed by atoms with E-state index >= 15 is 0 Å². The van der Waals surface area contributed by atoms with Crippen LogP contribution in [0.2, 0.25) is 0 Å². The number of carbonyl (C=O) groups excluding carboxylic acids is 1. The molecule has 104 valence electrons. The zero-order valence-electron chi connectivity index (χ0n) is 10.5. The minimum atomic E-state index is -0.528. The van der Waals surface area contributed by atoms with Gasteiger partial charge >= 0.3 is 0 Å². The molecule has 0 unspecified atom stereocenters. The highest BCUT2D eigenvalue weighted by Gasteiger charge is 2.21. The molecule has 1 aromatic heterocycles. The summed E-state index contributed by atoms with van der Waals surface area (Å²) in [5.74, 6) is -0.471. The van der Waals surface area contributed by atoms with Gasteiger partial charge in [0.2, 0.25) is 5.13 Å². The predicted molar refractivity (Wildman–Crippen MR) is 75.1 cm³/mol. The lowest BCUT2D eigenvalue weighted by atomic mass is 10.1. The van der Waals surface area contributed by atoms with E-state index in [9.17, 15) is 14.9 Å². The fourth-order valence-electron chi connectivity index (χ4n) is 1.64. The lowest BCUT2D eigenvalue weighted by Crippen LogP contribution is -2.15. The number of nitrogens with one attached hydrogen (secondary N) is 2. The Bertz CT molecular complexity index is 629. The Kier molecular flexibility index (Phi) is 4.20. The van der Waals surface area contributed by atoms with Gasteiger partial charge in [-0.25, -0.2) is 0 Å². The minimum absolute atomic E-state index is 0.142. The number of nitro benzene ring substituents is 1. The van der Waals surface area contributed by atoms with E-state index in [0.717, 1.165) is 0 Å². The monoisotopic (exact) mass is 293 g/mol. The maximum Gasteiger partial charge on any atom is 0.293 e. The summed E-state index contributed by atoms with van der Waals surface area (Å²) in [5, 5.41) is 24.0. The first-order valence-corrected chi connectivity index (χ1v) is 6.60. The van der Waals surface area contributed by atoms with Crippen LogP contribution in [0.4, 0.5) is 16.5 Å². The molecule has 8 nitrogen and oxygen atoms in total. The second-order valence-electron chi connectivity index (χ2n) is 3.69. The second kappa shape index (κ2) is 6.06. The number of para-hydroxylation sites is 1. The summed E-state index contributed by atoms with van der Waals surface area (Å²) in [6.45, 7) is 2.26. The van der Waals surface area contributed by atoms with Crippen LogP contribution in [0.25, 0.3) is 0 Å². The van der Waals surface area contributed by atoms with Gasteiger partial charge in [-0.05, 0) is 13.0 Å². The van der Waals surface area contributed by atoms with E-state index in [1.807, 2.05) is 0 Å². The van der Waals surface area contributed by atoms with Crippen LogP contribution in [-0.2, 0) is 0 Å². The Morgan fingerprint density at radius 3 is 2.90 bits per heavy atom. The number of amides is 1. The van der Waals surface area contributed by atoms with Crippen molar-refractivity contribution in [3.05, 3.63) is 39.4 Å². The number of hydrogen-bond acceptors (Lipinski definition) is 7. The molecular formula is C11H11N5O3S. The third-order valence-electron chi connectivity index (χ3n) is 2.42. The molecule has 0 aliphatic rings. The summed E-state index contributed by atoms with van der Waals surface area (Å²) < 4.78 is 0. The van der Waals surface area contributed by atoms with E-state index in [0.29, 0.717) is 11.7 Å². The maximum absolute atomic E-state index is 12.1. The molecule has 2 rings (SSSR count).